The molecule has 1 fully saturated rings. The van der Waals surface area contributed by atoms with Crippen molar-refractivity contribution in [3.8, 4) is 0 Å². The predicted molar refractivity (Wildman–Crippen MR) is 76.9 cm³/mol. The van der Waals surface area contributed by atoms with Gasteiger partial charge in [-0.3, -0.25) is 4.79 Å². The molecule has 1 aromatic carbocycles. The number of amides is 1. The first-order valence-corrected chi connectivity index (χ1v) is 6.99. The lowest BCUT2D eigenvalue weighted by Gasteiger charge is -2.19. The number of carbonyl (C=O) groups excluding carboxylic acids is 1. The Kier molecular flexibility index (Phi) is 3.30. The zero-order chi connectivity index (χ0) is 14.1. The molecule has 4 heteroatoms. The van der Waals surface area contributed by atoms with E-state index in [1.807, 2.05) is 48.1 Å². The molecule has 3 rings (SSSR count). The van der Waals surface area contributed by atoms with E-state index in [0.29, 0.717) is 5.92 Å². The molecule has 20 heavy (non-hydrogen) atoms. The lowest BCUT2D eigenvalue weighted by molar-refractivity contribution is -0.123. The molecule has 1 N–H and O–H groups in total. The molecular weight excluding hydrogens is 250 g/mol. The second-order valence-electron chi connectivity index (χ2n) is 5.57. The first-order chi connectivity index (χ1) is 9.66. The van der Waals surface area contributed by atoms with E-state index in [4.69, 9.17) is 0 Å². The molecule has 104 valence electrons. The Morgan fingerprint density at radius 2 is 2.10 bits per heavy atom. The molecule has 0 bridgehead atoms. The highest BCUT2D eigenvalue weighted by molar-refractivity contribution is 5.82. The van der Waals surface area contributed by atoms with E-state index in [-0.39, 0.29) is 17.9 Å². The van der Waals surface area contributed by atoms with Gasteiger partial charge in [0.15, 0.2) is 0 Å². The Morgan fingerprint density at radius 1 is 1.40 bits per heavy atom. The molecule has 0 spiro atoms. The zero-order valence-electron chi connectivity index (χ0n) is 11.8. The van der Waals surface area contributed by atoms with Crippen LogP contribution in [0.5, 0.6) is 0 Å². The Balaban J connectivity index is 1.88. The third-order valence-corrected chi connectivity index (χ3v) is 3.98. The van der Waals surface area contributed by atoms with Crippen LogP contribution in [0.4, 0.5) is 0 Å². The van der Waals surface area contributed by atoms with Crippen LogP contribution in [0.3, 0.4) is 0 Å². The van der Waals surface area contributed by atoms with Gasteiger partial charge in [0, 0.05) is 25.4 Å². The van der Waals surface area contributed by atoms with Gasteiger partial charge in [-0.15, -0.1) is 0 Å². The summed E-state index contributed by atoms with van der Waals surface area (Å²) in [6.07, 6.45) is 4.66. The van der Waals surface area contributed by atoms with E-state index in [1.165, 1.54) is 0 Å². The number of aromatic nitrogens is 2. The highest BCUT2D eigenvalue weighted by Crippen LogP contribution is 2.38. The molecule has 0 saturated heterocycles. The zero-order valence-corrected chi connectivity index (χ0v) is 11.8. The number of rotatable bonds is 4. The van der Waals surface area contributed by atoms with Crippen molar-refractivity contribution < 1.29 is 4.79 Å². The van der Waals surface area contributed by atoms with E-state index in [2.05, 4.69) is 17.2 Å². The summed E-state index contributed by atoms with van der Waals surface area (Å²) in [6.45, 7) is 2.11. The number of nitrogens with one attached hydrogen (secondary N) is 1. The summed E-state index contributed by atoms with van der Waals surface area (Å²) in [6, 6.07) is 9.81. The molecule has 2 aromatic rings. The largest absolute Gasteiger partial charge is 0.342 e. The quantitative estimate of drug-likeness (QED) is 0.925. The van der Waals surface area contributed by atoms with Gasteiger partial charge >= 0.3 is 0 Å². The average molecular weight is 269 g/mol. The molecule has 1 aromatic heterocycles. The minimum absolute atomic E-state index is 0.134. The SMILES string of the molecule is C[C@@H]1C[C@@H]1C(=O)N[C@@H](c1ccccc1)c1nccn1C. The highest BCUT2D eigenvalue weighted by Gasteiger charge is 2.40. The summed E-state index contributed by atoms with van der Waals surface area (Å²) in [4.78, 5) is 16.7. The number of aryl methyl sites for hydroxylation is 1. The number of benzene rings is 1. The first kappa shape index (κ1) is 12.9. The van der Waals surface area contributed by atoms with Gasteiger partial charge in [-0.1, -0.05) is 37.3 Å². The van der Waals surface area contributed by atoms with Gasteiger partial charge in [0.2, 0.25) is 5.91 Å². The fourth-order valence-electron chi connectivity index (χ4n) is 2.53. The van der Waals surface area contributed by atoms with Gasteiger partial charge in [-0.05, 0) is 17.9 Å². The maximum atomic E-state index is 12.3. The maximum absolute atomic E-state index is 12.3. The summed E-state index contributed by atoms with van der Waals surface area (Å²) in [7, 11) is 1.95. The van der Waals surface area contributed by atoms with E-state index in [0.717, 1.165) is 17.8 Å². The number of imidazole rings is 1. The second kappa shape index (κ2) is 5.12. The lowest BCUT2D eigenvalue weighted by Crippen LogP contribution is -2.32. The minimum Gasteiger partial charge on any atom is -0.342 e. The van der Waals surface area contributed by atoms with E-state index in [1.54, 1.807) is 6.20 Å². The number of nitrogens with zero attached hydrogens (tertiary/aromatic N) is 2. The Hall–Kier alpha value is -2.10. The van der Waals surface area contributed by atoms with Crippen LogP contribution >= 0.6 is 0 Å². The van der Waals surface area contributed by atoms with Crippen LogP contribution in [0.2, 0.25) is 0 Å². The van der Waals surface area contributed by atoms with Crippen molar-refractivity contribution in [1.29, 1.82) is 0 Å². The molecule has 4 nitrogen and oxygen atoms in total. The number of carbonyl (C=O) groups is 1. The summed E-state index contributed by atoms with van der Waals surface area (Å²) >= 11 is 0. The van der Waals surface area contributed by atoms with Crippen LogP contribution in [0.25, 0.3) is 0 Å². The van der Waals surface area contributed by atoms with Crippen LogP contribution < -0.4 is 5.32 Å². The fraction of sp³-hybridized carbons (Fsp3) is 0.375. The van der Waals surface area contributed by atoms with E-state index in [9.17, 15) is 4.79 Å². The Bertz CT molecular complexity index is 605. The summed E-state index contributed by atoms with van der Waals surface area (Å²) < 4.78 is 1.95. The molecule has 1 aliphatic rings. The molecule has 1 heterocycles. The van der Waals surface area contributed by atoms with Crippen molar-refractivity contribution in [2.75, 3.05) is 0 Å². The smallest absolute Gasteiger partial charge is 0.224 e. The van der Waals surface area contributed by atoms with Crippen molar-refractivity contribution in [1.82, 2.24) is 14.9 Å². The summed E-state index contributed by atoms with van der Waals surface area (Å²) in [5, 5.41) is 3.15. The van der Waals surface area contributed by atoms with Crippen LogP contribution in [0.15, 0.2) is 42.7 Å². The molecule has 1 amide bonds. The van der Waals surface area contributed by atoms with Crippen LogP contribution in [0.1, 0.15) is 30.8 Å². The van der Waals surface area contributed by atoms with Gasteiger partial charge in [0.05, 0.1) is 0 Å². The van der Waals surface area contributed by atoms with Gasteiger partial charge in [-0.2, -0.15) is 0 Å². The number of hydrogen-bond donors (Lipinski definition) is 1. The van der Waals surface area contributed by atoms with Gasteiger partial charge in [0.1, 0.15) is 11.9 Å². The Morgan fingerprint density at radius 3 is 2.65 bits per heavy atom. The fourth-order valence-corrected chi connectivity index (χ4v) is 2.53. The molecule has 1 saturated carbocycles. The van der Waals surface area contributed by atoms with Crippen LogP contribution in [-0.4, -0.2) is 15.5 Å². The van der Waals surface area contributed by atoms with Crippen molar-refractivity contribution in [3.05, 3.63) is 54.1 Å². The molecule has 1 aliphatic carbocycles. The normalized spacial score (nSPS) is 22.3. The Labute approximate surface area is 118 Å². The van der Waals surface area contributed by atoms with Crippen molar-refractivity contribution in [2.45, 2.75) is 19.4 Å². The molecular formula is C16H19N3O. The second-order valence-corrected chi connectivity index (χ2v) is 5.57. The van der Waals surface area contributed by atoms with Crippen LogP contribution in [-0.2, 0) is 11.8 Å². The van der Waals surface area contributed by atoms with Gasteiger partial charge < -0.3 is 9.88 Å². The minimum atomic E-state index is -0.184. The third-order valence-electron chi connectivity index (χ3n) is 3.98. The van der Waals surface area contributed by atoms with Crippen molar-refractivity contribution in [2.24, 2.45) is 18.9 Å². The van der Waals surface area contributed by atoms with E-state index < -0.39 is 0 Å². The average Bonchev–Trinajstić information content (AvgIpc) is 3.04. The monoisotopic (exact) mass is 269 g/mol. The standard InChI is InChI=1S/C16H19N3O/c1-11-10-13(11)16(20)18-14(12-6-4-3-5-7-12)15-17-8-9-19(15)2/h3-9,11,13-14H,10H2,1-2H3,(H,18,20)/t11-,13+,14+/m1/s1. The number of hydrogen-bond acceptors (Lipinski definition) is 2. The van der Waals surface area contributed by atoms with Crippen molar-refractivity contribution >= 4 is 5.91 Å². The topological polar surface area (TPSA) is 46.9 Å². The lowest BCUT2D eigenvalue weighted by atomic mass is 10.1. The van der Waals surface area contributed by atoms with Gasteiger partial charge in [-0.25, -0.2) is 4.98 Å². The first-order valence-electron chi connectivity index (χ1n) is 6.99. The van der Waals surface area contributed by atoms with E-state index >= 15 is 0 Å². The van der Waals surface area contributed by atoms with Crippen LogP contribution in [0, 0.1) is 11.8 Å². The maximum Gasteiger partial charge on any atom is 0.224 e. The molecule has 0 aliphatic heterocycles. The highest BCUT2D eigenvalue weighted by atomic mass is 16.2. The molecule has 0 unspecified atom stereocenters. The predicted octanol–water partition coefficient (Wildman–Crippen LogP) is 2.28. The van der Waals surface area contributed by atoms with Crippen molar-refractivity contribution in [3.63, 3.8) is 0 Å². The molecule has 0 radical (unpaired) electrons. The summed E-state index contributed by atoms with van der Waals surface area (Å²) in [5.74, 6) is 1.67. The van der Waals surface area contributed by atoms with Gasteiger partial charge in [0.25, 0.3) is 0 Å². The molecule has 3 atom stereocenters. The third kappa shape index (κ3) is 2.46. The summed E-state index contributed by atoms with van der Waals surface area (Å²) in [5.41, 5.74) is 1.06.